The summed E-state index contributed by atoms with van der Waals surface area (Å²) in [5.41, 5.74) is 4.65. The summed E-state index contributed by atoms with van der Waals surface area (Å²) in [7, 11) is 0. The second-order valence-electron chi connectivity index (χ2n) is 8.05. The third kappa shape index (κ3) is 4.31. The van der Waals surface area contributed by atoms with Gasteiger partial charge in [0.2, 0.25) is 0 Å². The molecule has 5 rings (SSSR count). The molecule has 35 heavy (non-hydrogen) atoms. The fourth-order valence-electron chi connectivity index (χ4n) is 4.38. The number of esters is 1. The number of benzene rings is 2. The Bertz CT molecular complexity index is 1320. The van der Waals surface area contributed by atoms with Crippen molar-refractivity contribution in [1.29, 1.82) is 0 Å². The van der Waals surface area contributed by atoms with Crippen molar-refractivity contribution in [3.8, 4) is 0 Å². The maximum atomic E-state index is 13.8. The predicted octanol–water partition coefficient (Wildman–Crippen LogP) is 4.35. The zero-order valence-corrected chi connectivity index (χ0v) is 19.8. The summed E-state index contributed by atoms with van der Waals surface area (Å²) >= 11 is 6.13. The van der Waals surface area contributed by atoms with Crippen LogP contribution in [0, 0.1) is 0 Å². The van der Waals surface area contributed by atoms with E-state index in [0.717, 1.165) is 16.8 Å². The van der Waals surface area contributed by atoms with E-state index in [1.165, 1.54) is 0 Å². The standard InChI is InChI=1S/C27H23ClN4O3/c1-2-35-27(34)18-8-12-20(13-9-18)32-25(21-5-3-4-14-29-21)22-23(17-6-10-19(28)11-7-17)30-15-16-31-24(22)26(32)33/h3-14,25,31H,2,15-16H2,1H3/t25-/m0/s1. The first-order chi connectivity index (χ1) is 17.1. The van der Waals surface area contributed by atoms with E-state index >= 15 is 0 Å². The van der Waals surface area contributed by atoms with E-state index in [9.17, 15) is 9.59 Å². The number of ether oxygens (including phenoxy) is 1. The molecule has 176 valence electrons. The van der Waals surface area contributed by atoms with E-state index in [1.54, 1.807) is 42.3 Å². The first-order valence-corrected chi connectivity index (χ1v) is 11.8. The van der Waals surface area contributed by atoms with Gasteiger partial charge in [-0.05, 0) is 55.5 Å². The number of aromatic nitrogens is 1. The number of hydrogen-bond donors (Lipinski definition) is 1. The first kappa shape index (κ1) is 22.8. The number of rotatable bonds is 5. The van der Waals surface area contributed by atoms with E-state index in [-0.39, 0.29) is 5.91 Å². The zero-order valence-electron chi connectivity index (χ0n) is 19.1. The van der Waals surface area contributed by atoms with Crippen LogP contribution in [0.4, 0.5) is 5.69 Å². The van der Waals surface area contributed by atoms with E-state index in [1.807, 2.05) is 42.5 Å². The number of aliphatic imine (C=N–C) groups is 1. The molecule has 2 aliphatic heterocycles. The Hall–Kier alpha value is -3.97. The summed E-state index contributed by atoms with van der Waals surface area (Å²) in [5, 5.41) is 3.92. The zero-order chi connectivity index (χ0) is 24.4. The Morgan fingerprint density at radius 2 is 1.89 bits per heavy atom. The number of anilines is 1. The van der Waals surface area contributed by atoms with Gasteiger partial charge < -0.3 is 10.1 Å². The molecule has 0 spiro atoms. The smallest absolute Gasteiger partial charge is 0.338 e. The van der Waals surface area contributed by atoms with Gasteiger partial charge in [-0.1, -0.05) is 29.8 Å². The van der Waals surface area contributed by atoms with Crippen LogP contribution in [0.5, 0.6) is 0 Å². The molecule has 2 aliphatic rings. The molecule has 1 N–H and O–H groups in total. The van der Waals surface area contributed by atoms with Crippen LogP contribution in [0.2, 0.25) is 5.02 Å². The molecular formula is C27H23ClN4O3. The van der Waals surface area contributed by atoms with Crippen LogP contribution in [-0.4, -0.2) is 42.3 Å². The molecule has 0 aliphatic carbocycles. The minimum absolute atomic E-state index is 0.178. The van der Waals surface area contributed by atoms with Gasteiger partial charge in [-0.2, -0.15) is 0 Å². The molecule has 3 heterocycles. The number of pyridine rings is 1. The van der Waals surface area contributed by atoms with Crippen molar-refractivity contribution in [3.63, 3.8) is 0 Å². The monoisotopic (exact) mass is 486 g/mol. The normalized spacial score (nSPS) is 17.4. The highest BCUT2D eigenvalue weighted by Gasteiger charge is 2.44. The SMILES string of the molecule is CCOC(=O)c1ccc(N2C(=O)C3=C(C(c4ccc(Cl)cc4)=NCCN3)[C@@H]2c2ccccn2)cc1. The number of amides is 1. The molecule has 0 unspecified atom stereocenters. The van der Waals surface area contributed by atoms with Gasteiger partial charge in [0.1, 0.15) is 11.7 Å². The number of halogens is 1. The number of hydrogen-bond acceptors (Lipinski definition) is 6. The quantitative estimate of drug-likeness (QED) is 0.542. The van der Waals surface area contributed by atoms with E-state index in [0.29, 0.717) is 47.4 Å². The lowest BCUT2D eigenvalue weighted by Gasteiger charge is -2.27. The molecule has 1 atom stereocenters. The summed E-state index contributed by atoms with van der Waals surface area (Å²) in [6, 6.07) is 19.4. The average Bonchev–Trinajstić information content (AvgIpc) is 3.02. The second kappa shape index (κ2) is 9.72. The first-order valence-electron chi connectivity index (χ1n) is 11.4. The molecule has 3 aromatic rings. The Morgan fingerprint density at radius 1 is 1.11 bits per heavy atom. The fraction of sp³-hybridized carbons (Fsp3) is 0.185. The number of nitrogens with one attached hydrogen (secondary N) is 1. The van der Waals surface area contributed by atoms with Gasteiger partial charge in [0.15, 0.2) is 0 Å². The maximum absolute atomic E-state index is 13.8. The molecular weight excluding hydrogens is 464 g/mol. The molecule has 2 aromatic carbocycles. The maximum Gasteiger partial charge on any atom is 0.338 e. The Balaban J connectivity index is 1.63. The van der Waals surface area contributed by atoms with Crippen molar-refractivity contribution >= 4 is 34.9 Å². The van der Waals surface area contributed by atoms with Gasteiger partial charge in [-0.3, -0.25) is 19.7 Å². The largest absolute Gasteiger partial charge is 0.462 e. The van der Waals surface area contributed by atoms with Crippen LogP contribution in [0.3, 0.4) is 0 Å². The molecule has 1 aromatic heterocycles. The summed E-state index contributed by atoms with van der Waals surface area (Å²) in [6.45, 7) is 3.12. The van der Waals surface area contributed by atoms with Crippen LogP contribution in [-0.2, 0) is 9.53 Å². The van der Waals surface area contributed by atoms with Crippen LogP contribution in [0.25, 0.3) is 0 Å². The molecule has 1 amide bonds. The molecule has 0 saturated heterocycles. The number of carbonyl (C=O) groups excluding carboxylic acids is 2. The minimum atomic E-state index is -0.507. The van der Waals surface area contributed by atoms with Gasteiger partial charge in [-0.15, -0.1) is 0 Å². The lowest BCUT2D eigenvalue weighted by atomic mass is 9.94. The van der Waals surface area contributed by atoms with Gasteiger partial charge >= 0.3 is 5.97 Å². The van der Waals surface area contributed by atoms with Crippen molar-refractivity contribution in [3.05, 3.63) is 106 Å². The number of nitrogens with zero attached hydrogens (tertiary/aromatic N) is 3. The lowest BCUT2D eigenvalue weighted by molar-refractivity contribution is -0.115. The van der Waals surface area contributed by atoms with Crippen molar-refractivity contribution < 1.29 is 14.3 Å². The second-order valence-corrected chi connectivity index (χ2v) is 8.49. The number of carbonyl (C=O) groups is 2. The molecule has 0 saturated carbocycles. The third-order valence-electron chi connectivity index (χ3n) is 5.91. The predicted molar refractivity (Wildman–Crippen MR) is 135 cm³/mol. The summed E-state index contributed by atoms with van der Waals surface area (Å²) in [4.78, 5) is 37.1. The summed E-state index contributed by atoms with van der Waals surface area (Å²) in [6.07, 6.45) is 1.71. The lowest BCUT2D eigenvalue weighted by Crippen LogP contribution is -2.34. The van der Waals surface area contributed by atoms with E-state index in [4.69, 9.17) is 21.3 Å². The van der Waals surface area contributed by atoms with Crippen molar-refractivity contribution in [1.82, 2.24) is 10.3 Å². The Kier molecular flexibility index (Phi) is 6.33. The van der Waals surface area contributed by atoms with Gasteiger partial charge in [0, 0.05) is 34.6 Å². The topological polar surface area (TPSA) is 83.9 Å². The summed E-state index contributed by atoms with van der Waals surface area (Å²) in [5.74, 6) is -0.580. The highest BCUT2D eigenvalue weighted by molar-refractivity contribution is 6.31. The highest BCUT2D eigenvalue weighted by atomic mass is 35.5. The van der Waals surface area contributed by atoms with Crippen LogP contribution in [0.1, 0.15) is 34.6 Å². The van der Waals surface area contributed by atoms with Crippen LogP contribution < -0.4 is 10.2 Å². The Morgan fingerprint density at radius 3 is 2.57 bits per heavy atom. The molecule has 7 nitrogen and oxygen atoms in total. The molecule has 0 bridgehead atoms. The van der Waals surface area contributed by atoms with E-state index in [2.05, 4.69) is 10.3 Å². The molecule has 0 fully saturated rings. The van der Waals surface area contributed by atoms with Gasteiger partial charge in [0.05, 0.1) is 30.1 Å². The van der Waals surface area contributed by atoms with Crippen molar-refractivity contribution in [2.24, 2.45) is 4.99 Å². The summed E-state index contributed by atoms with van der Waals surface area (Å²) < 4.78 is 5.09. The molecule has 0 radical (unpaired) electrons. The minimum Gasteiger partial charge on any atom is -0.462 e. The fourth-order valence-corrected chi connectivity index (χ4v) is 4.51. The Labute approximate surface area is 208 Å². The van der Waals surface area contributed by atoms with Gasteiger partial charge in [-0.25, -0.2) is 4.79 Å². The van der Waals surface area contributed by atoms with Crippen molar-refractivity contribution in [2.75, 3.05) is 24.6 Å². The average molecular weight is 487 g/mol. The highest BCUT2D eigenvalue weighted by Crippen LogP contribution is 2.42. The third-order valence-corrected chi connectivity index (χ3v) is 6.17. The van der Waals surface area contributed by atoms with E-state index < -0.39 is 12.0 Å². The molecule has 8 heteroatoms. The van der Waals surface area contributed by atoms with Crippen molar-refractivity contribution in [2.45, 2.75) is 13.0 Å². The van der Waals surface area contributed by atoms with Crippen LogP contribution in [0.15, 0.2) is 89.2 Å². The van der Waals surface area contributed by atoms with Gasteiger partial charge in [0.25, 0.3) is 5.91 Å². The van der Waals surface area contributed by atoms with Crippen LogP contribution >= 0.6 is 11.6 Å².